The second kappa shape index (κ2) is 5.18. The van der Waals surface area contributed by atoms with Gasteiger partial charge >= 0.3 is 0 Å². The van der Waals surface area contributed by atoms with Gasteiger partial charge in [-0.25, -0.2) is 4.68 Å². The molecule has 0 saturated heterocycles. The van der Waals surface area contributed by atoms with E-state index in [1.54, 1.807) is 17.9 Å². The van der Waals surface area contributed by atoms with E-state index in [0.717, 1.165) is 15.7 Å². The number of ether oxygens (including phenoxy) is 2. The molecule has 1 unspecified atom stereocenters. The van der Waals surface area contributed by atoms with Gasteiger partial charge in [0.1, 0.15) is 11.9 Å². The lowest BCUT2D eigenvalue weighted by Gasteiger charge is -2.25. The Labute approximate surface area is 131 Å². The lowest BCUT2D eigenvalue weighted by atomic mass is 9.96. The van der Waals surface area contributed by atoms with Gasteiger partial charge in [-0.15, -0.1) is 0 Å². The molecule has 0 aliphatic carbocycles. The molecule has 1 aromatic carbocycles. The number of aromatic nitrogens is 2. The zero-order chi connectivity index (χ0) is 15.1. The van der Waals surface area contributed by atoms with Crippen molar-refractivity contribution in [1.29, 1.82) is 0 Å². The number of aryl methyl sites for hydroxylation is 2. The maximum absolute atomic E-state index is 12.3. The number of nitrogens with zero attached hydrogens (tertiary/aromatic N) is 2. The van der Waals surface area contributed by atoms with Crippen LogP contribution in [0, 0.1) is 6.92 Å². The van der Waals surface area contributed by atoms with E-state index in [2.05, 4.69) is 21.0 Å². The molecule has 1 aromatic heterocycles. The highest BCUT2D eigenvalue weighted by Gasteiger charge is 2.32. The van der Waals surface area contributed by atoms with Crippen LogP contribution in [0.15, 0.2) is 22.7 Å². The van der Waals surface area contributed by atoms with Gasteiger partial charge in [-0.05, 0) is 25.1 Å². The molecule has 0 fully saturated rings. The van der Waals surface area contributed by atoms with Crippen LogP contribution in [-0.2, 0) is 7.05 Å². The average molecular weight is 351 g/mol. The molecule has 0 bridgehead atoms. The summed E-state index contributed by atoms with van der Waals surface area (Å²) in [5.41, 5.74) is 2.26. The molecule has 1 aliphatic heterocycles. The van der Waals surface area contributed by atoms with Gasteiger partial charge in [0.2, 0.25) is 5.88 Å². The molecular weight excluding hydrogens is 336 g/mol. The number of Topliss-reactive ketones (excluding diaryl/α,β-unsaturated/α-hetero) is 1. The highest BCUT2D eigenvalue weighted by molar-refractivity contribution is 9.10. The van der Waals surface area contributed by atoms with E-state index in [4.69, 9.17) is 9.47 Å². The maximum atomic E-state index is 12.3. The minimum atomic E-state index is -0.372. The summed E-state index contributed by atoms with van der Waals surface area (Å²) in [6, 6.07) is 5.44. The molecule has 0 N–H and O–H groups in total. The van der Waals surface area contributed by atoms with Crippen LogP contribution in [0.3, 0.4) is 0 Å². The van der Waals surface area contributed by atoms with Crippen LogP contribution in [0.2, 0.25) is 0 Å². The molecular formula is C15H15BrN2O3. The van der Waals surface area contributed by atoms with Gasteiger partial charge in [-0.2, -0.15) is 5.10 Å². The summed E-state index contributed by atoms with van der Waals surface area (Å²) in [5, 5.41) is 4.35. The van der Waals surface area contributed by atoms with Crippen LogP contribution in [0.25, 0.3) is 0 Å². The number of carbonyl (C=O) groups excluding carboxylic acids is 1. The Morgan fingerprint density at radius 1 is 1.48 bits per heavy atom. The van der Waals surface area contributed by atoms with E-state index >= 15 is 0 Å². The van der Waals surface area contributed by atoms with E-state index < -0.39 is 0 Å². The molecule has 6 heteroatoms. The number of halogens is 1. The fourth-order valence-corrected chi connectivity index (χ4v) is 3.06. The summed E-state index contributed by atoms with van der Waals surface area (Å²) >= 11 is 3.40. The van der Waals surface area contributed by atoms with Gasteiger partial charge in [-0.3, -0.25) is 4.79 Å². The lowest BCUT2D eigenvalue weighted by molar-refractivity contribution is 0.0846. The smallest absolute Gasteiger partial charge is 0.218 e. The quantitative estimate of drug-likeness (QED) is 0.834. The topological polar surface area (TPSA) is 53.4 Å². The Hall–Kier alpha value is -1.82. The fraction of sp³-hybridized carbons (Fsp3) is 0.333. The second-order valence-electron chi connectivity index (χ2n) is 5.01. The van der Waals surface area contributed by atoms with Crippen molar-refractivity contribution in [2.24, 2.45) is 7.05 Å². The first-order valence-electron chi connectivity index (χ1n) is 6.58. The van der Waals surface area contributed by atoms with Crippen molar-refractivity contribution in [3.63, 3.8) is 0 Å². The van der Waals surface area contributed by atoms with E-state index in [9.17, 15) is 4.79 Å². The molecule has 3 rings (SSSR count). The Morgan fingerprint density at radius 3 is 2.95 bits per heavy atom. The summed E-state index contributed by atoms with van der Waals surface area (Å²) in [5.74, 6) is 1.29. The number of ketones is 1. The summed E-state index contributed by atoms with van der Waals surface area (Å²) in [6.07, 6.45) is -0.0831. The van der Waals surface area contributed by atoms with E-state index in [1.807, 2.05) is 26.1 Å². The monoisotopic (exact) mass is 350 g/mol. The first-order valence-corrected chi connectivity index (χ1v) is 7.37. The molecule has 21 heavy (non-hydrogen) atoms. The number of methoxy groups -OCH3 is 1. The number of benzene rings is 1. The molecule has 0 saturated carbocycles. The van der Waals surface area contributed by atoms with Crippen molar-refractivity contribution in [3.8, 4) is 11.6 Å². The van der Waals surface area contributed by atoms with Crippen molar-refractivity contribution in [2.45, 2.75) is 19.4 Å². The summed E-state index contributed by atoms with van der Waals surface area (Å²) in [6.45, 7) is 1.89. The van der Waals surface area contributed by atoms with Gasteiger partial charge in [0.25, 0.3) is 0 Å². The van der Waals surface area contributed by atoms with Crippen LogP contribution >= 0.6 is 15.9 Å². The lowest BCUT2D eigenvalue weighted by Crippen LogP contribution is -2.21. The van der Waals surface area contributed by atoms with Crippen molar-refractivity contribution in [3.05, 3.63) is 39.5 Å². The van der Waals surface area contributed by atoms with Gasteiger partial charge < -0.3 is 9.47 Å². The minimum absolute atomic E-state index is 0.0686. The third-order valence-corrected chi connectivity index (χ3v) is 4.11. The second-order valence-corrected chi connectivity index (χ2v) is 5.92. The molecule has 110 valence electrons. The molecule has 0 spiro atoms. The summed E-state index contributed by atoms with van der Waals surface area (Å²) < 4.78 is 14.0. The summed E-state index contributed by atoms with van der Waals surface area (Å²) in [4.78, 5) is 12.3. The maximum Gasteiger partial charge on any atom is 0.218 e. The third kappa shape index (κ3) is 2.33. The average Bonchev–Trinajstić information content (AvgIpc) is 2.71. The molecule has 0 radical (unpaired) electrons. The Kier molecular flexibility index (Phi) is 3.49. The van der Waals surface area contributed by atoms with Crippen LogP contribution in [0.1, 0.15) is 34.1 Å². The van der Waals surface area contributed by atoms with Crippen LogP contribution < -0.4 is 9.47 Å². The fourth-order valence-electron chi connectivity index (χ4n) is 2.72. The van der Waals surface area contributed by atoms with Crippen LogP contribution in [0.4, 0.5) is 0 Å². The molecule has 2 aromatic rings. The normalized spacial score (nSPS) is 17.3. The zero-order valence-electron chi connectivity index (χ0n) is 12.0. The number of rotatable bonds is 2. The van der Waals surface area contributed by atoms with Crippen molar-refractivity contribution in [2.75, 3.05) is 7.11 Å². The first-order chi connectivity index (χ1) is 10.0. The largest absolute Gasteiger partial charge is 0.484 e. The van der Waals surface area contributed by atoms with E-state index in [1.165, 1.54) is 0 Å². The Balaban J connectivity index is 2.05. The van der Waals surface area contributed by atoms with Gasteiger partial charge in [-0.1, -0.05) is 15.9 Å². The Bertz CT molecular complexity index is 724. The van der Waals surface area contributed by atoms with Gasteiger partial charge in [0.05, 0.1) is 30.4 Å². The van der Waals surface area contributed by atoms with Gasteiger partial charge in [0.15, 0.2) is 5.78 Å². The highest BCUT2D eigenvalue weighted by atomic mass is 79.9. The third-order valence-electron chi connectivity index (χ3n) is 3.61. The molecule has 0 amide bonds. The molecule has 5 nitrogen and oxygen atoms in total. The van der Waals surface area contributed by atoms with Crippen LogP contribution in [0.5, 0.6) is 11.6 Å². The standard InChI is InChI=1S/C15H15BrN2O3/c1-8-14(15(20-3)18(2)17-8)13-7-11(19)10-5-4-9(16)6-12(10)21-13/h4-6,13H,7H2,1-3H3. The molecule has 2 heterocycles. The zero-order valence-corrected chi connectivity index (χ0v) is 13.6. The van der Waals surface area contributed by atoms with Crippen molar-refractivity contribution in [1.82, 2.24) is 9.78 Å². The summed E-state index contributed by atoms with van der Waals surface area (Å²) in [7, 11) is 3.40. The minimum Gasteiger partial charge on any atom is -0.484 e. The SMILES string of the molecule is COc1c(C2CC(=O)c3ccc(Br)cc3O2)c(C)nn1C. The number of carbonyl (C=O) groups is 1. The van der Waals surface area contributed by atoms with Crippen molar-refractivity contribution >= 4 is 21.7 Å². The Morgan fingerprint density at radius 2 is 2.24 bits per heavy atom. The molecule has 1 atom stereocenters. The van der Waals surface area contributed by atoms with Gasteiger partial charge in [0, 0.05) is 11.5 Å². The predicted molar refractivity (Wildman–Crippen MR) is 81.0 cm³/mol. The van der Waals surface area contributed by atoms with E-state index in [0.29, 0.717) is 17.2 Å². The van der Waals surface area contributed by atoms with Crippen LogP contribution in [-0.4, -0.2) is 22.7 Å². The first kappa shape index (κ1) is 14.1. The van der Waals surface area contributed by atoms with Crippen molar-refractivity contribution < 1.29 is 14.3 Å². The number of hydrogen-bond acceptors (Lipinski definition) is 4. The van der Waals surface area contributed by atoms with E-state index in [-0.39, 0.29) is 18.3 Å². The number of hydrogen-bond donors (Lipinski definition) is 0. The highest BCUT2D eigenvalue weighted by Crippen LogP contribution is 2.40. The predicted octanol–water partition coefficient (Wildman–Crippen LogP) is 3.21. The number of fused-ring (bicyclic) bond motifs is 1. The molecule has 1 aliphatic rings.